The quantitative estimate of drug-likeness (QED) is 0.460. The number of rotatable bonds is 3. The highest BCUT2D eigenvalue weighted by molar-refractivity contribution is 6.62. The molecule has 1 amide bonds. The van der Waals surface area contributed by atoms with E-state index in [1.165, 1.54) is 4.90 Å². The van der Waals surface area contributed by atoms with Crippen LogP contribution in [0.4, 0.5) is 4.79 Å². The topological polar surface area (TPSA) is 20.3 Å². The fourth-order valence-corrected chi connectivity index (χ4v) is 0.783. The minimum atomic E-state index is -0.417. The SMILES string of the molecule is C/C=C\N(CCC)C(=O)Cl. The van der Waals surface area contributed by atoms with Crippen LogP contribution in [-0.4, -0.2) is 16.8 Å². The molecule has 0 rings (SSSR count). The molecule has 0 aliphatic heterocycles. The molecular weight excluding hydrogens is 150 g/mol. The van der Waals surface area contributed by atoms with Gasteiger partial charge in [0, 0.05) is 12.7 Å². The first-order valence-electron chi connectivity index (χ1n) is 3.31. The molecule has 0 spiro atoms. The summed E-state index contributed by atoms with van der Waals surface area (Å²) < 4.78 is 0. The molecular formula is C7H12ClNO. The summed E-state index contributed by atoms with van der Waals surface area (Å²) in [5.41, 5.74) is 0. The number of carbonyl (C=O) groups excluding carboxylic acids is 1. The van der Waals surface area contributed by atoms with Crippen LogP contribution in [0, 0.1) is 0 Å². The van der Waals surface area contributed by atoms with Gasteiger partial charge in [-0.1, -0.05) is 13.0 Å². The second-order valence-corrected chi connectivity index (χ2v) is 2.25. The lowest BCUT2D eigenvalue weighted by atomic mass is 10.4. The molecule has 58 valence electrons. The van der Waals surface area contributed by atoms with E-state index in [0.29, 0.717) is 6.54 Å². The summed E-state index contributed by atoms with van der Waals surface area (Å²) >= 11 is 5.24. The van der Waals surface area contributed by atoms with E-state index in [9.17, 15) is 4.79 Å². The molecule has 0 N–H and O–H groups in total. The summed E-state index contributed by atoms with van der Waals surface area (Å²) in [7, 11) is 0. The monoisotopic (exact) mass is 161 g/mol. The molecule has 3 heteroatoms. The van der Waals surface area contributed by atoms with Crippen LogP contribution in [0.5, 0.6) is 0 Å². The van der Waals surface area contributed by atoms with E-state index in [0.717, 1.165) is 6.42 Å². The summed E-state index contributed by atoms with van der Waals surface area (Å²) in [5, 5.41) is -0.417. The van der Waals surface area contributed by atoms with Crippen LogP contribution in [0.15, 0.2) is 12.3 Å². The molecule has 0 unspecified atom stereocenters. The van der Waals surface area contributed by atoms with Crippen LogP contribution >= 0.6 is 11.6 Å². The van der Waals surface area contributed by atoms with Gasteiger partial charge in [0.05, 0.1) is 0 Å². The molecule has 0 aromatic heterocycles. The number of allylic oxidation sites excluding steroid dienone is 1. The molecule has 2 nitrogen and oxygen atoms in total. The normalized spacial score (nSPS) is 10.3. The number of hydrogen-bond donors (Lipinski definition) is 0. The van der Waals surface area contributed by atoms with Crippen molar-refractivity contribution in [2.45, 2.75) is 20.3 Å². The van der Waals surface area contributed by atoms with Crippen molar-refractivity contribution in [3.8, 4) is 0 Å². The smallest absolute Gasteiger partial charge is 0.306 e. The molecule has 0 saturated heterocycles. The van der Waals surface area contributed by atoms with Gasteiger partial charge in [-0.05, 0) is 24.9 Å². The third-order valence-electron chi connectivity index (χ3n) is 1.02. The van der Waals surface area contributed by atoms with Gasteiger partial charge in [-0.3, -0.25) is 4.79 Å². The molecule has 0 aliphatic carbocycles. The molecule has 0 bridgehead atoms. The van der Waals surface area contributed by atoms with E-state index in [1.807, 2.05) is 13.8 Å². The predicted octanol–water partition coefficient (Wildman–Crippen LogP) is 2.59. The van der Waals surface area contributed by atoms with Gasteiger partial charge in [-0.2, -0.15) is 0 Å². The highest BCUT2D eigenvalue weighted by atomic mass is 35.5. The zero-order chi connectivity index (χ0) is 7.98. The van der Waals surface area contributed by atoms with Crippen LogP contribution in [0.3, 0.4) is 0 Å². The Kier molecular flexibility index (Phi) is 5.03. The van der Waals surface area contributed by atoms with E-state index >= 15 is 0 Å². The van der Waals surface area contributed by atoms with Crippen molar-refractivity contribution >= 4 is 17.0 Å². The maximum Gasteiger partial charge on any atom is 0.320 e. The Morgan fingerprint density at radius 3 is 2.60 bits per heavy atom. The maximum absolute atomic E-state index is 10.6. The average molecular weight is 162 g/mol. The molecule has 10 heavy (non-hydrogen) atoms. The van der Waals surface area contributed by atoms with Crippen molar-refractivity contribution in [1.82, 2.24) is 4.90 Å². The Labute approximate surface area is 66.5 Å². The first-order valence-corrected chi connectivity index (χ1v) is 3.69. The Balaban J connectivity index is 3.85. The maximum atomic E-state index is 10.6. The van der Waals surface area contributed by atoms with Gasteiger partial charge in [0.25, 0.3) is 0 Å². The highest BCUT2D eigenvalue weighted by Gasteiger charge is 2.03. The van der Waals surface area contributed by atoms with Gasteiger partial charge in [-0.25, -0.2) is 0 Å². The number of halogens is 1. The molecule has 0 aromatic carbocycles. The minimum Gasteiger partial charge on any atom is -0.306 e. The second-order valence-electron chi connectivity index (χ2n) is 1.93. The van der Waals surface area contributed by atoms with Crippen LogP contribution in [0.1, 0.15) is 20.3 Å². The Hall–Kier alpha value is -0.500. The van der Waals surface area contributed by atoms with Gasteiger partial charge in [0.1, 0.15) is 0 Å². The van der Waals surface area contributed by atoms with Crippen molar-refractivity contribution in [2.75, 3.05) is 6.54 Å². The fourth-order valence-electron chi connectivity index (χ4n) is 0.642. The summed E-state index contributed by atoms with van der Waals surface area (Å²) in [6, 6.07) is 0. The number of amides is 1. The van der Waals surface area contributed by atoms with Gasteiger partial charge in [0.2, 0.25) is 0 Å². The summed E-state index contributed by atoms with van der Waals surface area (Å²) in [6.07, 6.45) is 4.39. The number of nitrogens with zero attached hydrogens (tertiary/aromatic N) is 1. The van der Waals surface area contributed by atoms with Crippen molar-refractivity contribution in [3.05, 3.63) is 12.3 Å². The molecule has 0 saturated carbocycles. The minimum absolute atomic E-state index is 0.417. The Bertz CT molecular complexity index is 134. The van der Waals surface area contributed by atoms with Gasteiger partial charge >= 0.3 is 5.37 Å². The van der Waals surface area contributed by atoms with Gasteiger partial charge in [-0.15, -0.1) is 0 Å². The highest BCUT2D eigenvalue weighted by Crippen LogP contribution is 1.98. The van der Waals surface area contributed by atoms with Crippen molar-refractivity contribution in [2.24, 2.45) is 0 Å². The predicted molar refractivity (Wildman–Crippen MR) is 43.1 cm³/mol. The van der Waals surface area contributed by atoms with Crippen LogP contribution < -0.4 is 0 Å². The molecule has 0 aliphatic rings. The third-order valence-corrected chi connectivity index (χ3v) is 1.24. The summed E-state index contributed by atoms with van der Waals surface area (Å²) in [4.78, 5) is 12.0. The van der Waals surface area contributed by atoms with Crippen LogP contribution in [0.2, 0.25) is 0 Å². The average Bonchev–Trinajstić information content (AvgIpc) is 1.87. The molecule has 0 atom stereocenters. The van der Waals surface area contributed by atoms with E-state index in [4.69, 9.17) is 11.6 Å². The van der Waals surface area contributed by atoms with Crippen LogP contribution in [0.25, 0.3) is 0 Å². The Morgan fingerprint density at radius 1 is 1.70 bits per heavy atom. The van der Waals surface area contributed by atoms with Crippen molar-refractivity contribution < 1.29 is 4.79 Å². The first-order chi connectivity index (χ1) is 4.72. The first kappa shape index (κ1) is 9.50. The third kappa shape index (κ3) is 3.51. The Morgan fingerprint density at radius 2 is 2.30 bits per heavy atom. The standard InChI is InChI=1S/C7H12ClNO/c1-3-5-9(6-4-2)7(8)10/h3,5H,4,6H2,1-2H3/b5-3-. The molecule has 0 aromatic rings. The fraction of sp³-hybridized carbons (Fsp3) is 0.571. The zero-order valence-electron chi connectivity index (χ0n) is 6.30. The largest absolute Gasteiger partial charge is 0.320 e. The van der Waals surface area contributed by atoms with Crippen molar-refractivity contribution in [1.29, 1.82) is 0 Å². The van der Waals surface area contributed by atoms with E-state index < -0.39 is 5.37 Å². The summed E-state index contributed by atoms with van der Waals surface area (Å²) in [5.74, 6) is 0. The molecule has 0 heterocycles. The van der Waals surface area contributed by atoms with E-state index in [1.54, 1.807) is 12.3 Å². The molecule has 0 fully saturated rings. The van der Waals surface area contributed by atoms with Crippen LogP contribution in [-0.2, 0) is 0 Å². The second kappa shape index (κ2) is 5.30. The van der Waals surface area contributed by atoms with Crippen molar-refractivity contribution in [3.63, 3.8) is 0 Å². The van der Waals surface area contributed by atoms with Gasteiger partial charge in [0.15, 0.2) is 0 Å². The summed E-state index contributed by atoms with van der Waals surface area (Å²) in [6.45, 7) is 4.53. The number of carbonyl (C=O) groups is 1. The van der Waals surface area contributed by atoms with Gasteiger partial charge < -0.3 is 4.90 Å². The lowest BCUT2D eigenvalue weighted by Gasteiger charge is -2.11. The van der Waals surface area contributed by atoms with E-state index in [-0.39, 0.29) is 0 Å². The zero-order valence-corrected chi connectivity index (χ0v) is 7.06. The van der Waals surface area contributed by atoms with E-state index in [2.05, 4.69) is 0 Å². The number of hydrogen-bond acceptors (Lipinski definition) is 1. The lowest BCUT2D eigenvalue weighted by molar-refractivity contribution is 0.238. The molecule has 0 radical (unpaired) electrons. The lowest BCUT2D eigenvalue weighted by Crippen LogP contribution is -2.20.